The molecule has 0 bridgehead atoms. The van der Waals surface area contributed by atoms with Crippen LogP contribution in [0.2, 0.25) is 0 Å². The number of anilines is 1. The molecule has 0 fully saturated rings. The summed E-state index contributed by atoms with van der Waals surface area (Å²) in [4.78, 5) is 11.5. The fourth-order valence-electron chi connectivity index (χ4n) is 1.44. The lowest BCUT2D eigenvalue weighted by atomic mass is 10.2. The maximum absolute atomic E-state index is 12.8. The smallest absolute Gasteiger partial charge is 0.436 e. The zero-order valence-corrected chi connectivity index (χ0v) is 10.2. The second-order valence-electron chi connectivity index (χ2n) is 3.87. The summed E-state index contributed by atoms with van der Waals surface area (Å²) in [5, 5.41) is 3.35. The van der Waals surface area contributed by atoms with Crippen LogP contribution in [0.3, 0.4) is 0 Å². The highest BCUT2D eigenvalue weighted by atomic mass is 19.4. The predicted molar refractivity (Wildman–Crippen MR) is 58.0 cm³/mol. The number of nitrogen functional groups attached to an aromatic ring is 1. The fraction of sp³-hybridized carbons (Fsp3) is 0.600. The third kappa shape index (κ3) is 2.57. The van der Waals surface area contributed by atoms with E-state index in [-0.39, 0.29) is 12.4 Å². The van der Waals surface area contributed by atoms with Crippen molar-refractivity contribution in [1.29, 1.82) is 0 Å². The van der Waals surface area contributed by atoms with Gasteiger partial charge in [0, 0.05) is 6.04 Å². The molecule has 0 saturated carbocycles. The molecule has 0 radical (unpaired) electrons. The van der Waals surface area contributed by atoms with Gasteiger partial charge >= 0.3 is 12.1 Å². The Kier molecular flexibility index (Phi) is 3.88. The van der Waals surface area contributed by atoms with E-state index in [0.29, 0.717) is 0 Å². The summed E-state index contributed by atoms with van der Waals surface area (Å²) in [5.74, 6) is -1.45. The van der Waals surface area contributed by atoms with Gasteiger partial charge in [-0.25, -0.2) is 9.48 Å². The van der Waals surface area contributed by atoms with E-state index < -0.39 is 29.4 Å². The van der Waals surface area contributed by atoms with Gasteiger partial charge in [-0.05, 0) is 20.8 Å². The van der Waals surface area contributed by atoms with E-state index in [4.69, 9.17) is 5.73 Å². The summed E-state index contributed by atoms with van der Waals surface area (Å²) in [7, 11) is 0. The molecule has 102 valence electrons. The Morgan fingerprint density at radius 2 is 2.06 bits per heavy atom. The van der Waals surface area contributed by atoms with Gasteiger partial charge in [0.25, 0.3) is 0 Å². The number of halogens is 3. The van der Waals surface area contributed by atoms with Gasteiger partial charge in [-0.15, -0.1) is 0 Å². The second kappa shape index (κ2) is 4.87. The van der Waals surface area contributed by atoms with E-state index in [0.717, 1.165) is 4.68 Å². The minimum atomic E-state index is -4.75. The van der Waals surface area contributed by atoms with Gasteiger partial charge < -0.3 is 10.5 Å². The van der Waals surface area contributed by atoms with E-state index >= 15 is 0 Å². The number of hydrogen-bond donors (Lipinski definition) is 1. The molecule has 0 aromatic carbocycles. The largest absolute Gasteiger partial charge is 0.462 e. The number of hydrogen-bond acceptors (Lipinski definition) is 4. The lowest BCUT2D eigenvalue weighted by Gasteiger charge is -2.07. The normalized spacial score (nSPS) is 11.9. The summed E-state index contributed by atoms with van der Waals surface area (Å²) in [6.45, 7) is 4.67. The highest BCUT2D eigenvalue weighted by Gasteiger charge is 2.42. The Bertz CT molecular complexity index is 452. The molecule has 1 aromatic rings. The zero-order chi connectivity index (χ0) is 14.1. The standard InChI is InChI=1S/C10H14F3N3O2/c1-4-18-9(17)6-7(10(11,12)13)15-16(5(2)3)8(6)14/h5H,4,14H2,1-3H3. The van der Waals surface area contributed by atoms with Crippen LogP contribution in [0, 0.1) is 0 Å². The number of aromatic nitrogens is 2. The summed E-state index contributed by atoms with van der Waals surface area (Å²) in [6, 6.07) is -0.394. The summed E-state index contributed by atoms with van der Waals surface area (Å²) >= 11 is 0. The zero-order valence-electron chi connectivity index (χ0n) is 10.2. The monoisotopic (exact) mass is 265 g/mol. The van der Waals surface area contributed by atoms with Crippen molar-refractivity contribution in [1.82, 2.24) is 9.78 Å². The fourth-order valence-corrected chi connectivity index (χ4v) is 1.44. The minimum absolute atomic E-state index is 0.0393. The van der Waals surface area contributed by atoms with Crippen LogP contribution in [0.25, 0.3) is 0 Å². The average Bonchev–Trinajstić information content (AvgIpc) is 2.55. The molecule has 1 aromatic heterocycles. The Morgan fingerprint density at radius 3 is 2.44 bits per heavy atom. The number of nitrogens with two attached hydrogens (primary N) is 1. The number of carbonyl (C=O) groups excluding carboxylic acids is 1. The van der Waals surface area contributed by atoms with Crippen LogP contribution in [0.4, 0.5) is 19.0 Å². The summed E-state index contributed by atoms with van der Waals surface area (Å²) in [5.41, 5.74) is 3.50. The van der Waals surface area contributed by atoms with Crippen molar-refractivity contribution >= 4 is 11.8 Å². The van der Waals surface area contributed by atoms with Crippen LogP contribution in [0.1, 0.15) is 42.9 Å². The SMILES string of the molecule is CCOC(=O)c1c(C(F)(F)F)nn(C(C)C)c1N. The Hall–Kier alpha value is -1.73. The van der Waals surface area contributed by atoms with E-state index in [1.165, 1.54) is 6.92 Å². The van der Waals surface area contributed by atoms with Crippen molar-refractivity contribution < 1.29 is 22.7 Å². The molecule has 0 aliphatic heterocycles. The first-order valence-electron chi connectivity index (χ1n) is 5.32. The van der Waals surface area contributed by atoms with Crippen molar-refractivity contribution in [3.63, 3.8) is 0 Å². The van der Waals surface area contributed by atoms with Gasteiger partial charge in [0.05, 0.1) is 6.61 Å². The average molecular weight is 265 g/mol. The van der Waals surface area contributed by atoms with Crippen molar-refractivity contribution in [2.45, 2.75) is 33.0 Å². The lowest BCUT2D eigenvalue weighted by Crippen LogP contribution is -2.15. The molecule has 0 spiro atoms. The maximum atomic E-state index is 12.8. The second-order valence-corrected chi connectivity index (χ2v) is 3.87. The van der Waals surface area contributed by atoms with Crippen LogP contribution in [0.15, 0.2) is 0 Å². The van der Waals surface area contributed by atoms with Gasteiger partial charge in [0.1, 0.15) is 11.4 Å². The van der Waals surface area contributed by atoms with E-state index in [1.54, 1.807) is 13.8 Å². The quantitative estimate of drug-likeness (QED) is 0.851. The first kappa shape index (κ1) is 14.3. The lowest BCUT2D eigenvalue weighted by molar-refractivity contribution is -0.142. The van der Waals surface area contributed by atoms with Gasteiger partial charge in [-0.3, -0.25) is 0 Å². The van der Waals surface area contributed by atoms with Crippen molar-refractivity contribution in [3.8, 4) is 0 Å². The number of ether oxygens (including phenoxy) is 1. The van der Waals surface area contributed by atoms with Crippen LogP contribution in [-0.2, 0) is 10.9 Å². The third-order valence-corrected chi connectivity index (χ3v) is 2.18. The number of carbonyl (C=O) groups is 1. The van der Waals surface area contributed by atoms with E-state index in [2.05, 4.69) is 9.84 Å². The molecule has 8 heteroatoms. The molecule has 18 heavy (non-hydrogen) atoms. The van der Waals surface area contributed by atoms with Crippen molar-refractivity contribution in [2.75, 3.05) is 12.3 Å². The van der Waals surface area contributed by atoms with Crippen LogP contribution in [-0.4, -0.2) is 22.4 Å². The molecular weight excluding hydrogens is 251 g/mol. The molecule has 2 N–H and O–H groups in total. The third-order valence-electron chi connectivity index (χ3n) is 2.18. The predicted octanol–water partition coefficient (Wildman–Crippen LogP) is 2.24. The molecule has 0 saturated heterocycles. The molecular formula is C10H14F3N3O2. The van der Waals surface area contributed by atoms with Crippen LogP contribution in [0.5, 0.6) is 0 Å². The molecule has 0 amide bonds. The van der Waals surface area contributed by atoms with Crippen LogP contribution < -0.4 is 5.73 Å². The molecule has 5 nitrogen and oxygen atoms in total. The first-order valence-corrected chi connectivity index (χ1v) is 5.32. The molecule has 0 unspecified atom stereocenters. The van der Waals surface area contributed by atoms with E-state index in [9.17, 15) is 18.0 Å². The van der Waals surface area contributed by atoms with Crippen LogP contribution >= 0.6 is 0 Å². The van der Waals surface area contributed by atoms with Crippen molar-refractivity contribution in [2.24, 2.45) is 0 Å². The highest BCUT2D eigenvalue weighted by Crippen LogP contribution is 2.35. The highest BCUT2D eigenvalue weighted by molar-refractivity contribution is 5.95. The number of nitrogens with zero attached hydrogens (tertiary/aromatic N) is 2. The molecule has 1 heterocycles. The Labute approximate surface area is 102 Å². The van der Waals surface area contributed by atoms with Gasteiger partial charge in [-0.2, -0.15) is 18.3 Å². The number of esters is 1. The molecule has 0 aliphatic carbocycles. The number of rotatable bonds is 3. The van der Waals surface area contributed by atoms with Gasteiger partial charge in [0.15, 0.2) is 5.69 Å². The topological polar surface area (TPSA) is 70.1 Å². The minimum Gasteiger partial charge on any atom is -0.462 e. The van der Waals surface area contributed by atoms with Gasteiger partial charge in [-0.1, -0.05) is 0 Å². The van der Waals surface area contributed by atoms with Crippen molar-refractivity contribution in [3.05, 3.63) is 11.3 Å². The molecule has 1 rings (SSSR count). The van der Waals surface area contributed by atoms with Gasteiger partial charge in [0.2, 0.25) is 0 Å². The molecule has 0 atom stereocenters. The Balaban J connectivity index is 3.41. The van der Waals surface area contributed by atoms with E-state index in [1.807, 2.05) is 0 Å². The number of alkyl halides is 3. The maximum Gasteiger partial charge on any atom is 0.436 e. The Morgan fingerprint density at radius 1 is 1.50 bits per heavy atom. The summed E-state index contributed by atoms with van der Waals surface area (Å²) < 4.78 is 43.8. The molecule has 0 aliphatic rings. The first-order chi connectivity index (χ1) is 8.20. The summed E-state index contributed by atoms with van der Waals surface area (Å²) in [6.07, 6.45) is -4.75.